The molecule has 1 aromatic rings. The first-order valence-corrected chi connectivity index (χ1v) is 7.71. The van der Waals surface area contributed by atoms with Crippen LogP contribution in [0, 0.1) is 6.92 Å². The van der Waals surface area contributed by atoms with Gasteiger partial charge in [0.15, 0.2) is 0 Å². The fraction of sp³-hybridized carbons (Fsp3) is 0.647. The lowest BCUT2D eigenvalue weighted by molar-refractivity contribution is 0.113. The zero-order valence-electron chi connectivity index (χ0n) is 12.2. The molecule has 2 rings (SSSR count). The molecule has 106 valence electrons. The standard InChI is InChI=1S/C17H27NO/c1-3-15(14-11-9-13(2)10-12-14)18-16-7-5-4-6-8-17(16)19/h9-12,15-19H,3-8H2,1-2H3. The van der Waals surface area contributed by atoms with Crippen molar-refractivity contribution in [2.24, 2.45) is 0 Å². The van der Waals surface area contributed by atoms with E-state index in [1.807, 2.05) is 0 Å². The minimum absolute atomic E-state index is 0.179. The van der Waals surface area contributed by atoms with Crippen molar-refractivity contribution >= 4 is 0 Å². The minimum Gasteiger partial charge on any atom is -0.392 e. The second-order valence-electron chi connectivity index (χ2n) is 5.85. The summed E-state index contributed by atoms with van der Waals surface area (Å²) in [7, 11) is 0. The molecular formula is C17H27NO. The highest BCUT2D eigenvalue weighted by atomic mass is 16.3. The summed E-state index contributed by atoms with van der Waals surface area (Å²) in [5.41, 5.74) is 2.64. The van der Waals surface area contributed by atoms with Gasteiger partial charge in [-0.25, -0.2) is 0 Å². The number of benzene rings is 1. The summed E-state index contributed by atoms with van der Waals surface area (Å²) >= 11 is 0. The number of rotatable bonds is 4. The molecule has 3 unspecified atom stereocenters. The van der Waals surface area contributed by atoms with E-state index in [2.05, 4.69) is 43.4 Å². The fourth-order valence-corrected chi connectivity index (χ4v) is 2.99. The van der Waals surface area contributed by atoms with Crippen LogP contribution in [-0.4, -0.2) is 17.3 Å². The van der Waals surface area contributed by atoms with Crippen molar-refractivity contribution in [3.8, 4) is 0 Å². The van der Waals surface area contributed by atoms with Crippen molar-refractivity contribution < 1.29 is 5.11 Å². The molecule has 19 heavy (non-hydrogen) atoms. The Bertz CT molecular complexity index is 373. The number of aliphatic hydroxyl groups is 1. The van der Waals surface area contributed by atoms with E-state index in [0.29, 0.717) is 6.04 Å². The van der Waals surface area contributed by atoms with Gasteiger partial charge in [0.2, 0.25) is 0 Å². The van der Waals surface area contributed by atoms with E-state index in [4.69, 9.17) is 0 Å². The Labute approximate surface area is 117 Å². The minimum atomic E-state index is -0.179. The topological polar surface area (TPSA) is 32.3 Å². The molecule has 0 saturated heterocycles. The molecule has 0 spiro atoms. The van der Waals surface area contributed by atoms with Crippen LogP contribution in [0.3, 0.4) is 0 Å². The summed E-state index contributed by atoms with van der Waals surface area (Å²) in [5, 5.41) is 13.9. The maximum Gasteiger partial charge on any atom is 0.0693 e. The summed E-state index contributed by atoms with van der Waals surface area (Å²) in [4.78, 5) is 0. The summed E-state index contributed by atoms with van der Waals surface area (Å²) in [6, 6.07) is 9.37. The Morgan fingerprint density at radius 2 is 1.84 bits per heavy atom. The van der Waals surface area contributed by atoms with E-state index in [1.54, 1.807) is 0 Å². The Morgan fingerprint density at radius 1 is 1.16 bits per heavy atom. The Hall–Kier alpha value is -0.860. The third-order valence-electron chi connectivity index (χ3n) is 4.28. The Balaban J connectivity index is 2.03. The molecule has 0 radical (unpaired) electrons. The summed E-state index contributed by atoms with van der Waals surface area (Å²) in [5.74, 6) is 0. The summed E-state index contributed by atoms with van der Waals surface area (Å²) in [6.45, 7) is 4.33. The highest BCUT2D eigenvalue weighted by molar-refractivity contribution is 5.24. The predicted octanol–water partition coefficient (Wildman–Crippen LogP) is 3.73. The van der Waals surface area contributed by atoms with Crippen molar-refractivity contribution in [1.82, 2.24) is 5.32 Å². The first kappa shape index (κ1) is 14.5. The highest BCUT2D eigenvalue weighted by Gasteiger charge is 2.24. The molecule has 1 aliphatic carbocycles. The van der Waals surface area contributed by atoms with Crippen molar-refractivity contribution in [1.29, 1.82) is 0 Å². The second kappa shape index (κ2) is 7.06. The zero-order valence-corrected chi connectivity index (χ0v) is 12.2. The van der Waals surface area contributed by atoms with E-state index >= 15 is 0 Å². The van der Waals surface area contributed by atoms with Crippen LogP contribution in [0.15, 0.2) is 24.3 Å². The van der Waals surface area contributed by atoms with E-state index < -0.39 is 0 Å². The molecule has 1 fully saturated rings. The quantitative estimate of drug-likeness (QED) is 0.809. The van der Waals surface area contributed by atoms with Gasteiger partial charge in [-0.05, 0) is 31.7 Å². The van der Waals surface area contributed by atoms with E-state index in [-0.39, 0.29) is 12.1 Å². The van der Waals surface area contributed by atoms with Crippen molar-refractivity contribution in [2.75, 3.05) is 0 Å². The molecule has 1 aromatic carbocycles. The molecule has 0 heterocycles. The van der Waals surface area contributed by atoms with Gasteiger partial charge in [0.1, 0.15) is 0 Å². The van der Waals surface area contributed by atoms with E-state index in [0.717, 1.165) is 19.3 Å². The number of aliphatic hydroxyl groups excluding tert-OH is 1. The van der Waals surface area contributed by atoms with Gasteiger partial charge >= 0.3 is 0 Å². The molecule has 0 amide bonds. The van der Waals surface area contributed by atoms with E-state index in [1.165, 1.54) is 30.4 Å². The highest BCUT2D eigenvalue weighted by Crippen LogP contribution is 2.23. The molecule has 1 aliphatic rings. The zero-order chi connectivity index (χ0) is 13.7. The maximum atomic E-state index is 10.2. The smallest absolute Gasteiger partial charge is 0.0693 e. The maximum absolute atomic E-state index is 10.2. The molecule has 0 bridgehead atoms. The van der Waals surface area contributed by atoms with Crippen molar-refractivity contribution in [2.45, 2.75) is 70.6 Å². The Morgan fingerprint density at radius 3 is 2.53 bits per heavy atom. The number of hydrogen-bond donors (Lipinski definition) is 2. The van der Waals surface area contributed by atoms with Gasteiger partial charge in [-0.3, -0.25) is 0 Å². The van der Waals surface area contributed by atoms with Gasteiger partial charge in [-0.15, -0.1) is 0 Å². The number of hydrogen-bond acceptors (Lipinski definition) is 2. The number of aryl methyl sites for hydroxylation is 1. The fourth-order valence-electron chi connectivity index (χ4n) is 2.99. The Kier molecular flexibility index (Phi) is 5.41. The molecule has 1 saturated carbocycles. The van der Waals surface area contributed by atoms with Crippen LogP contribution in [0.2, 0.25) is 0 Å². The lowest BCUT2D eigenvalue weighted by Crippen LogP contribution is -2.41. The van der Waals surface area contributed by atoms with Crippen LogP contribution in [0.4, 0.5) is 0 Å². The number of nitrogens with one attached hydrogen (secondary N) is 1. The molecule has 2 heteroatoms. The van der Waals surface area contributed by atoms with Crippen LogP contribution in [-0.2, 0) is 0 Å². The monoisotopic (exact) mass is 261 g/mol. The van der Waals surface area contributed by atoms with Gasteiger partial charge in [-0.1, -0.05) is 56.0 Å². The molecule has 2 nitrogen and oxygen atoms in total. The summed E-state index contributed by atoms with van der Waals surface area (Å²) < 4.78 is 0. The van der Waals surface area contributed by atoms with Crippen molar-refractivity contribution in [3.05, 3.63) is 35.4 Å². The van der Waals surface area contributed by atoms with Gasteiger partial charge < -0.3 is 10.4 Å². The van der Waals surface area contributed by atoms with E-state index in [9.17, 15) is 5.11 Å². The molecule has 0 aliphatic heterocycles. The molecule has 3 atom stereocenters. The third kappa shape index (κ3) is 4.05. The molecular weight excluding hydrogens is 234 g/mol. The van der Waals surface area contributed by atoms with Crippen LogP contribution in [0.5, 0.6) is 0 Å². The van der Waals surface area contributed by atoms with Gasteiger partial charge in [0.25, 0.3) is 0 Å². The predicted molar refractivity (Wildman–Crippen MR) is 80.2 cm³/mol. The van der Waals surface area contributed by atoms with Crippen LogP contribution < -0.4 is 5.32 Å². The average Bonchev–Trinajstić information content (AvgIpc) is 2.62. The van der Waals surface area contributed by atoms with Gasteiger partial charge in [-0.2, -0.15) is 0 Å². The second-order valence-corrected chi connectivity index (χ2v) is 5.85. The average molecular weight is 261 g/mol. The lowest BCUT2D eigenvalue weighted by Gasteiger charge is -2.28. The van der Waals surface area contributed by atoms with Crippen LogP contribution >= 0.6 is 0 Å². The van der Waals surface area contributed by atoms with Gasteiger partial charge in [0.05, 0.1) is 6.10 Å². The molecule has 2 N–H and O–H groups in total. The largest absolute Gasteiger partial charge is 0.392 e. The first-order valence-electron chi connectivity index (χ1n) is 7.71. The SMILES string of the molecule is CCC(NC1CCCCCC1O)c1ccc(C)cc1. The summed E-state index contributed by atoms with van der Waals surface area (Å²) in [6.07, 6.45) is 6.59. The van der Waals surface area contributed by atoms with Crippen LogP contribution in [0.1, 0.15) is 62.6 Å². The lowest BCUT2D eigenvalue weighted by atomic mass is 9.99. The van der Waals surface area contributed by atoms with Crippen molar-refractivity contribution in [3.63, 3.8) is 0 Å². The first-order chi connectivity index (χ1) is 9.20. The third-order valence-corrected chi connectivity index (χ3v) is 4.28. The van der Waals surface area contributed by atoms with Gasteiger partial charge in [0, 0.05) is 12.1 Å². The normalized spacial score (nSPS) is 25.8. The molecule has 0 aromatic heterocycles. The van der Waals surface area contributed by atoms with Crippen LogP contribution in [0.25, 0.3) is 0 Å².